The first-order valence-electron chi connectivity index (χ1n) is 8.50. The molecule has 1 fully saturated rings. The third-order valence-corrected chi connectivity index (χ3v) is 5.19. The summed E-state index contributed by atoms with van der Waals surface area (Å²) in [5.41, 5.74) is 7.45. The van der Waals surface area contributed by atoms with Crippen LogP contribution in [-0.4, -0.2) is 28.5 Å². The Kier molecular flexibility index (Phi) is 5.82. The summed E-state index contributed by atoms with van der Waals surface area (Å²) < 4.78 is 7.95. The van der Waals surface area contributed by atoms with E-state index in [2.05, 4.69) is 30.8 Å². The topological polar surface area (TPSA) is 53.1 Å². The Labute approximate surface area is 129 Å². The van der Waals surface area contributed by atoms with Crippen LogP contribution < -0.4 is 5.73 Å². The number of ether oxygens (including phenoxy) is 1. The largest absolute Gasteiger partial charge is 0.377 e. The summed E-state index contributed by atoms with van der Waals surface area (Å²) in [6.45, 7) is 4.42. The zero-order valence-corrected chi connectivity index (χ0v) is 13.8. The van der Waals surface area contributed by atoms with Crippen LogP contribution in [0.4, 0.5) is 0 Å². The summed E-state index contributed by atoms with van der Waals surface area (Å²) in [5.74, 6) is 0. The summed E-state index contributed by atoms with van der Waals surface area (Å²) >= 11 is 0. The molecule has 1 aliphatic rings. The van der Waals surface area contributed by atoms with E-state index >= 15 is 0 Å². The summed E-state index contributed by atoms with van der Waals surface area (Å²) in [5, 5.41) is 4.73. The van der Waals surface area contributed by atoms with Gasteiger partial charge in [-0.15, -0.1) is 0 Å². The van der Waals surface area contributed by atoms with Gasteiger partial charge in [0.15, 0.2) is 0 Å². The molecule has 0 saturated heterocycles. The van der Waals surface area contributed by atoms with Crippen molar-refractivity contribution in [3.63, 3.8) is 0 Å². The summed E-state index contributed by atoms with van der Waals surface area (Å²) in [6.07, 6.45) is 11.1. The molecule has 1 aliphatic carbocycles. The first kappa shape index (κ1) is 16.5. The third kappa shape index (κ3) is 3.67. The molecule has 0 spiro atoms. The molecule has 1 saturated carbocycles. The van der Waals surface area contributed by atoms with Crippen molar-refractivity contribution in [2.45, 2.75) is 82.9 Å². The smallest absolute Gasteiger partial charge is 0.0832 e. The van der Waals surface area contributed by atoms with Gasteiger partial charge in [0, 0.05) is 25.8 Å². The molecule has 2 N–H and O–H groups in total. The van der Waals surface area contributed by atoms with Gasteiger partial charge in [0.05, 0.1) is 17.3 Å². The zero-order valence-electron chi connectivity index (χ0n) is 13.8. The van der Waals surface area contributed by atoms with Crippen molar-refractivity contribution < 1.29 is 4.74 Å². The molecule has 0 aromatic carbocycles. The molecule has 1 aromatic rings. The first-order chi connectivity index (χ1) is 10.1. The van der Waals surface area contributed by atoms with Crippen LogP contribution in [0, 0.1) is 0 Å². The lowest BCUT2D eigenvalue weighted by atomic mass is 9.78. The van der Waals surface area contributed by atoms with Gasteiger partial charge in [-0.25, -0.2) is 0 Å². The summed E-state index contributed by atoms with van der Waals surface area (Å²) in [6, 6.07) is 2.65. The number of hydrogen-bond acceptors (Lipinski definition) is 3. The Bertz CT molecular complexity index is 419. The predicted molar refractivity (Wildman–Crippen MR) is 86.4 cm³/mol. The normalized spacial score (nSPS) is 19.9. The number of hydrogen-bond donors (Lipinski definition) is 1. The van der Waals surface area contributed by atoms with E-state index in [9.17, 15) is 0 Å². The molecule has 0 amide bonds. The van der Waals surface area contributed by atoms with Crippen LogP contribution in [0.1, 0.15) is 70.5 Å². The van der Waals surface area contributed by atoms with Crippen LogP contribution >= 0.6 is 0 Å². The molecule has 4 nitrogen and oxygen atoms in total. The fourth-order valence-electron chi connectivity index (χ4n) is 3.64. The van der Waals surface area contributed by atoms with Gasteiger partial charge in [0.2, 0.25) is 0 Å². The van der Waals surface area contributed by atoms with Crippen LogP contribution in [0.25, 0.3) is 0 Å². The maximum Gasteiger partial charge on any atom is 0.0832 e. The Hall–Kier alpha value is -0.870. The molecule has 4 heteroatoms. The maximum absolute atomic E-state index is 6.50. The molecule has 120 valence electrons. The number of aromatic nitrogens is 2. The highest BCUT2D eigenvalue weighted by Gasteiger charge is 2.38. The summed E-state index contributed by atoms with van der Waals surface area (Å²) in [7, 11) is 1.81. The molecule has 1 atom stereocenters. The number of nitrogens with zero attached hydrogens (tertiary/aromatic N) is 2. The van der Waals surface area contributed by atoms with Gasteiger partial charge in [-0.05, 0) is 31.7 Å². The highest BCUT2D eigenvalue weighted by atomic mass is 16.5. The predicted octanol–water partition coefficient (Wildman–Crippen LogP) is 3.46. The molecule has 0 bridgehead atoms. The standard InChI is InChI=1S/C17H31N3O/c1-4-15(5-2)20-12-9-14(19-20)13-16(18)17(21-3)10-7-6-8-11-17/h9,12,15-16H,4-8,10-11,13,18H2,1-3H3. The van der Waals surface area contributed by atoms with Crippen LogP contribution in [-0.2, 0) is 11.2 Å². The average Bonchev–Trinajstić information content (AvgIpc) is 2.97. The lowest BCUT2D eigenvalue weighted by Crippen LogP contribution is -2.52. The van der Waals surface area contributed by atoms with Crippen molar-refractivity contribution in [2.75, 3.05) is 7.11 Å². The SMILES string of the molecule is CCC(CC)n1ccc(CC(N)C2(OC)CCCCC2)n1. The molecule has 0 radical (unpaired) electrons. The molecule has 21 heavy (non-hydrogen) atoms. The molecule has 1 unspecified atom stereocenters. The zero-order chi connectivity index (χ0) is 15.3. The van der Waals surface area contributed by atoms with Gasteiger partial charge in [-0.2, -0.15) is 5.10 Å². The highest BCUT2D eigenvalue weighted by molar-refractivity contribution is 5.06. The van der Waals surface area contributed by atoms with E-state index in [-0.39, 0.29) is 11.6 Å². The van der Waals surface area contributed by atoms with Gasteiger partial charge in [-0.3, -0.25) is 4.68 Å². The Balaban J connectivity index is 2.03. The first-order valence-corrected chi connectivity index (χ1v) is 8.50. The molecule has 2 rings (SSSR count). The van der Waals surface area contributed by atoms with E-state index in [0.717, 1.165) is 37.8 Å². The lowest BCUT2D eigenvalue weighted by Gasteiger charge is -2.40. The lowest BCUT2D eigenvalue weighted by molar-refractivity contribution is -0.0584. The van der Waals surface area contributed by atoms with E-state index < -0.39 is 0 Å². The van der Waals surface area contributed by atoms with Gasteiger partial charge < -0.3 is 10.5 Å². The number of nitrogens with two attached hydrogens (primary N) is 1. The van der Waals surface area contributed by atoms with Gasteiger partial charge >= 0.3 is 0 Å². The van der Waals surface area contributed by atoms with E-state index in [1.54, 1.807) is 0 Å². The Morgan fingerprint density at radius 2 is 1.95 bits per heavy atom. The van der Waals surface area contributed by atoms with E-state index in [4.69, 9.17) is 15.6 Å². The van der Waals surface area contributed by atoms with Crippen molar-refractivity contribution in [1.82, 2.24) is 9.78 Å². The van der Waals surface area contributed by atoms with E-state index in [1.165, 1.54) is 19.3 Å². The Morgan fingerprint density at radius 3 is 2.52 bits per heavy atom. The Morgan fingerprint density at radius 1 is 1.29 bits per heavy atom. The molecule has 0 aliphatic heterocycles. The maximum atomic E-state index is 6.50. The molecular formula is C17H31N3O. The molecule has 1 heterocycles. The van der Waals surface area contributed by atoms with Crippen LogP contribution in [0.5, 0.6) is 0 Å². The van der Waals surface area contributed by atoms with Crippen molar-refractivity contribution in [1.29, 1.82) is 0 Å². The second-order valence-corrected chi connectivity index (χ2v) is 6.40. The van der Waals surface area contributed by atoms with Gasteiger partial charge in [-0.1, -0.05) is 33.1 Å². The molecule has 1 aromatic heterocycles. The van der Waals surface area contributed by atoms with Crippen molar-refractivity contribution >= 4 is 0 Å². The van der Waals surface area contributed by atoms with Gasteiger partial charge in [0.25, 0.3) is 0 Å². The summed E-state index contributed by atoms with van der Waals surface area (Å²) in [4.78, 5) is 0. The van der Waals surface area contributed by atoms with Crippen LogP contribution in [0.2, 0.25) is 0 Å². The second-order valence-electron chi connectivity index (χ2n) is 6.40. The van der Waals surface area contributed by atoms with Crippen LogP contribution in [0.15, 0.2) is 12.3 Å². The minimum atomic E-state index is -0.142. The average molecular weight is 293 g/mol. The van der Waals surface area contributed by atoms with Gasteiger partial charge in [0.1, 0.15) is 0 Å². The fraction of sp³-hybridized carbons (Fsp3) is 0.824. The fourth-order valence-corrected chi connectivity index (χ4v) is 3.64. The monoisotopic (exact) mass is 293 g/mol. The number of rotatable bonds is 7. The van der Waals surface area contributed by atoms with Crippen LogP contribution in [0.3, 0.4) is 0 Å². The number of methoxy groups -OCH3 is 1. The second kappa shape index (κ2) is 7.41. The quantitative estimate of drug-likeness (QED) is 0.837. The third-order valence-electron chi connectivity index (χ3n) is 5.19. The van der Waals surface area contributed by atoms with Crippen molar-refractivity contribution in [2.24, 2.45) is 5.73 Å². The minimum absolute atomic E-state index is 0.0350. The van der Waals surface area contributed by atoms with Crippen molar-refractivity contribution in [3.05, 3.63) is 18.0 Å². The highest BCUT2D eigenvalue weighted by Crippen LogP contribution is 2.34. The van der Waals surface area contributed by atoms with E-state index in [0.29, 0.717) is 6.04 Å². The molecular weight excluding hydrogens is 262 g/mol. The van der Waals surface area contributed by atoms with Crippen molar-refractivity contribution in [3.8, 4) is 0 Å². The minimum Gasteiger partial charge on any atom is -0.377 e. The van der Waals surface area contributed by atoms with E-state index in [1.807, 2.05) is 7.11 Å².